The van der Waals surface area contributed by atoms with Crippen LogP contribution in [0.2, 0.25) is 0 Å². The number of hydrogen-bond acceptors (Lipinski definition) is 3. The second kappa shape index (κ2) is 4.25. The Bertz CT molecular complexity index is 421. The van der Waals surface area contributed by atoms with Crippen molar-refractivity contribution in [1.82, 2.24) is 0 Å². The Morgan fingerprint density at radius 3 is 2.71 bits per heavy atom. The minimum atomic E-state index is -0.442. The van der Waals surface area contributed by atoms with Crippen LogP contribution in [0, 0.1) is 18.3 Å². The predicted octanol–water partition coefficient (Wildman–Crippen LogP) is 2.42. The number of methoxy groups -OCH3 is 1. The van der Waals surface area contributed by atoms with Gasteiger partial charge in [0.2, 0.25) is 0 Å². The number of carbonyl (C=O) groups excluding carboxylic acids is 1. The van der Waals surface area contributed by atoms with Crippen molar-refractivity contribution < 1.29 is 9.53 Å². The van der Waals surface area contributed by atoms with Crippen molar-refractivity contribution in [2.75, 3.05) is 7.11 Å². The SMILES string of the molecule is COC(=O)c1cc(Br)c(C)c(C#N)c1. The standard InChI is InChI=1S/C10H8BrNO2/c1-6-8(5-12)3-7(4-9(6)11)10(13)14-2/h3-4H,1-2H3. The van der Waals surface area contributed by atoms with Gasteiger partial charge in [0.05, 0.1) is 24.3 Å². The lowest BCUT2D eigenvalue weighted by atomic mass is 10.1. The molecule has 72 valence electrons. The Kier molecular flexibility index (Phi) is 3.26. The first-order valence-electron chi connectivity index (χ1n) is 3.88. The molecule has 0 unspecified atom stereocenters. The van der Waals surface area contributed by atoms with Crippen molar-refractivity contribution in [3.63, 3.8) is 0 Å². The Morgan fingerprint density at radius 1 is 1.57 bits per heavy atom. The molecule has 0 amide bonds. The molecule has 1 rings (SSSR count). The molecule has 0 aliphatic rings. The van der Waals surface area contributed by atoms with Crippen molar-refractivity contribution in [3.05, 3.63) is 33.3 Å². The zero-order valence-corrected chi connectivity index (χ0v) is 9.38. The van der Waals surface area contributed by atoms with Crippen LogP contribution in [0.4, 0.5) is 0 Å². The van der Waals surface area contributed by atoms with Gasteiger partial charge >= 0.3 is 5.97 Å². The maximum Gasteiger partial charge on any atom is 0.337 e. The average Bonchev–Trinajstić information content (AvgIpc) is 2.20. The number of esters is 1. The summed E-state index contributed by atoms with van der Waals surface area (Å²) in [5.74, 6) is -0.442. The van der Waals surface area contributed by atoms with Crippen molar-refractivity contribution in [2.24, 2.45) is 0 Å². The number of rotatable bonds is 1. The molecule has 0 aliphatic heterocycles. The fourth-order valence-electron chi connectivity index (χ4n) is 1.03. The highest BCUT2D eigenvalue weighted by Crippen LogP contribution is 2.22. The zero-order valence-electron chi connectivity index (χ0n) is 7.80. The van der Waals surface area contributed by atoms with E-state index in [4.69, 9.17) is 5.26 Å². The summed E-state index contributed by atoms with van der Waals surface area (Å²) >= 11 is 3.28. The van der Waals surface area contributed by atoms with Gasteiger partial charge in [0, 0.05) is 4.47 Å². The van der Waals surface area contributed by atoms with Gasteiger partial charge in [-0.05, 0) is 24.6 Å². The highest BCUT2D eigenvalue weighted by molar-refractivity contribution is 9.10. The molecule has 0 aliphatic carbocycles. The molecule has 0 aromatic heterocycles. The maximum atomic E-state index is 11.2. The fraction of sp³-hybridized carbons (Fsp3) is 0.200. The van der Waals surface area contributed by atoms with Crippen LogP contribution < -0.4 is 0 Å². The molecule has 3 nitrogen and oxygen atoms in total. The summed E-state index contributed by atoms with van der Waals surface area (Å²) in [4.78, 5) is 11.2. The molecule has 1 aromatic carbocycles. The quantitative estimate of drug-likeness (QED) is 0.723. The van der Waals surface area contributed by atoms with E-state index in [0.717, 1.165) is 10.0 Å². The largest absolute Gasteiger partial charge is 0.465 e. The van der Waals surface area contributed by atoms with E-state index in [2.05, 4.69) is 20.7 Å². The number of halogens is 1. The minimum Gasteiger partial charge on any atom is -0.465 e. The molecule has 0 spiro atoms. The van der Waals surface area contributed by atoms with Gasteiger partial charge in [-0.15, -0.1) is 0 Å². The highest BCUT2D eigenvalue weighted by atomic mass is 79.9. The van der Waals surface area contributed by atoms with Crippen molar-refractivity contribution in [3.8, 4) is 6.07 Å². The van der Waals surface area contributed by atoms with Crippen LogP contribution in [0.25, 0.3) is 0 Å². The van der Waals surface area contributed by atoms with Crippen LogP contribution in [0.15, 0.2) is 16.6 Å². The van der Waals surface area contributed by atoms with E-state index in [1.165, 1.54) is 13.2 Å². The van der Waals surface area contributed by atoms with E-state index in [9.17, 15) is 4.79 Å². The van der Waals surface area contributed by atoms with Gasteiger partial charge in [-0.1, -0.05) is 15.9 Å². The van der Waals surface area contributed by atoms with Crippen molar-refractivity contribution >= 4 is 21.9 Å². The molecular weight excluding hydrogens is 246 g/mol. The molecule has 4 heteroatoms. The van der Waals surface area contributed by atoms with Crippen LogP contribution in [0.3, 0.4) is 0 Å². The normalized spacial score (nSPS) is 9.29. The minimum absolute atomic E-state index is 0.376. The summed E-state index contributed by atoms with van der Waals surface area (Å²) < 4.78 is 5.29. The monoisotopic (exact) mass is 253 g/mol. The van der Waals surface area contributed by atoms with E-state index in [-0.39, 0.29) is 0 Å². The summed E-state index contributed by atoms with van der Waals surface area (Å²) in [6, 6.07) is 5.18. The third-order valence-corrected chi connectivity index (χ3v) is 2.71. The first-order valence-corrected chi connectivity index (χ1v) is 4.68. The van der Waals surface area contributed by atoms with Gasteiger partial charge in [0.1, 0.15) is 0 Å². The van der Waals surface area contributed by atoms with Gasteiger partial charge in [-0.2, -0.15) is 5.26 Å². The lowest BCUT2D eigenvalue weighted by Crippen LogP contribution is -2.02. The Labute approximate surface area is 90.4 Å². The summed E-state index contributed by atoms with van der Waals surface area (Å²) in [7, 11) is 1.31. The van der Waals surface area contributed by atoms with E-state index in [1.807, 2.05) is 13.0 Å². The summed E-state index contributed by atoms with van der Waals surface area (Å²) in [5, 5.41) is 8.80. The number of carbonyl (C=O) groups is 1. The zero-order chi connectivity index (χ0) is 10.7. The van der Waals surface area contributed by atoms with Crippen LogP contribution in [0.5, 0.6) is 0 Å². The number of hydrogen-bond donors (Lipinski definition) is 0. The third kappa shape index (κ3) is 1.94. The summed E-state index contributed by atoms with van der Waals surface area (Å²) in [6.07, 6.45) is 0. The van der Waals surface area contributed by atoms with Crippen LogP contribution in [0.1, 0.15) is 21.5 Å². The lowest BCUT2D eigenvalue weighted by molar-refractivity contribution is 0.0600. The van der Waals surface area contributed by atoms with Gasteiger partial charge in [-0.25, -0.2) is 4.79 Å². The molecule has 0 bridgehead atoms. The van der Waals surface area contributed by atoms with Crippen molar-refractivity contribution in [2.45, 2.75) is 6.92 Å². The first-order chi connectivity index (χ1) is 6.60. The van der Waals surface area contributed by atoms with Crippen LogP contribution in [-0.4, -0.2) is 13.1 Å². The molecule has 14 heavy (non-hydrogen) atoms. The van der Waals surface area contributed by atoms with E-state index >= 15 is 0 Å². The lowest BCUT2D eigenvalue weighted by Gasteiger charge is -2.04. The van der Waals surface area contributed by atoms with Gasteiger partial charge in [0.25, 0.3) is 0 Å². The number of nitriles is 1. The Hall–Kier alpha value is -1.34. The maximum absolute atomic E-state index is 11.2. The van der Waals surface area contributed by atoms with Gasteiger partial charge in [0.15, 0.2) is 0 Å². The van der Waals surface area contributed by atoms with Gasteiger partial charge < -0.3 is 4.74 Å². The first kappa shape index (κ1) is 10.7. The molecular formula is C10H8BrNO2. The van der Waals surface area contributed by atoms with E-state index < -0.39 is 5.97 Å². The number of benzene rings is 1. The molecule has 0 heterocycles. The van der Waals surface area contributed by atoms with Crippen LogP contribution >= 0.6 is 15.9 Å². The predicted molar refractivity (Wildman–Crippen MR) is 54.9 cm³/mol. The summed E-state index contributed by atoms with van der Waals surface area (Å²) in [5.41, 5.74) is 1.67. The molecule has 0 N–H and O–H groups in total. The molecule has 1 aromatic rings. The average molecular weight is 254 g/mol. The van der Waals surface area contributed by atoms with E-state index in [0.29, 0.717) is 11.1 Å². The van der Waals surface area contributed by atoms with E-state index in [1.54, 1.807) is 6.07 Å². The molecule has 0 saturated heterocycles. The second-order valence-corrected chi connectivity index (χ2v) is 3.59. The molecule has 0 fully saturated rings. The Balaban J connectivity index is 3.32. The number of nitrogens with zero attached hydrogens (tertiary/aromatic N) is 1. The van der Waals surface area contributed by atoms with Gasteiger partial charge in [-0.3, -0.25) is 0 Å². The summed E-state index contributed by atoms with van der Waals surface area (Å²) in [6.45, 7) is 1.81. The second-order valence-electron chi connectivity index (χ2n) is 2.73. The number of ether oxygens (including phenoxy) is 1. The van der Waals surface area contributed by atoms with Crippen LogP contribution in [-0.2, 0) is 4.74 Å². The smallest absolute Gasteiger partial charge is 0.337 e. The molecule has 0 saturated carbocycles. The molecule has 0 radical (unpaired) electrons. The topological polar surface area (TPSA) is 50.1 Å². The Morgan fingerprint density at radius 2 is 2.21 bits per heavy atom. The third-order valence-electron chi connectivity index (χ3n) is 1.89. The molecule has 0 atom stereocenters. The highest BCUT2D eigenvalue weighted by Gasteiger charge is 2.10. The fourth-order valence-corrected chi connectivity index (χ4v) is 1.49. The van der Waals surface area contributed by atoms with Crippen molar-refractivity contribution in [1.29, 1.82) is 5.26 Å².